The lowest BCUT2D eigenvalue weighted by Crippen LogP contribution is -2.05. The van der Waals surface area contributed by atoms with Crippen LogP contribution in [0.4, 0.5) is 0 Å². The van der Waals surface area contributed by atoms with E-state index in [4.69, 9.17) is 20.8 Å². The number of para-hydroxylation sites is 1. The third-order valence-electron chi connectivity index (χ3n) is 3.31. The Balaban J connectivity index is 2.00. The number of benzene rings is 2. The molecule has 0 saturated heterocycles. The van der Waals surface area contributed by atoms with Gasteiger partial charge >= 0.3 is 0 Å². The minimum absolute atomic E-state index is 0.0605. The zero-order chi connectivity index (χ0) is 16.4. The molecule has 3 rings (SSSR count). The Morgan fingerprint density at radius 2 is 1.87 bits per heavy atom. The molecule has 0 saturated carbocycles. The molecule has 2 aromatic carbocycles. The minimum Gasteiger partial charge on any atom is -0.490 e. The average molecular weight is 553 g/mol. The number of furan rings is 1. The van der Waals surface area contributed by atoms with E-state index in [2.05, 4.69) is 45.2 Å². The molecule has 3 aromatic rings. The molecule has 23 heavy (non-hydrogen) atoms. The second-order valence-corrected chi connectivity index (χ2v) is 7.48. The van der Waals surface area contributed by atoms with Gasteiger partial charge in [0.15, 0.2) is 5.78 Å². The highest BCUT2D eigenvalue weighted by molar-refractivity contribution is 14.1. The lowest BCUT2D eigenvalue weighted by molar-refractivity contribution is 0.103. The van der Waals surface area contributed by atoms with E-state index in [-0.39, 0.29) is 5.78 Å². The van der Waals surface area contributed by atoms with E-state index in [9.17, 15) is 4.79 Å². The number of hydrogen-bond acceptors (Lipinski definition) is 3. The molecular weight excluding hydrogens is 541 g/mol. The SMILES string of the molecule is O=C(c1cc(I)c(OCCCl)c(I)c1)c1coc2ccccc12. The van der Waals surface area contributed by atoms with Crippen molar-refractivity contribution in [1.82, 2.24) is 0 Å². The van der Waals surface area contributed by atoms with E-state index in [0.717, 1.165) is 18.3 Å². The molecule has 1 heterocycles. The first-order chi connectivity index (χ1) is 11.1. The normalized spacial score (nSPS) is 10.9. The van der Waals surface area contributed by atoms with Crippen LogP contribution in [0.15, 0.2) is 47.1 Å². The summed E-state index contributed by atoms with van der Waals surface area (Å²) in [6, 6.07) is 11.2. The highest BCUT2D eigenvalue weighted by Crippen LogP contribution is 2.31. The fourth-order valence-electron chi connectivity index (χ4n) is 2.28. The van der Waals surface area contributed by atoms with Crippen LogP contribution in [0.3, 0.4) is 0 Å². The molecule has 0 bridgehead atoms. The van der Waals surface area contributed by atoms with Crippen LogP contribution in [0.2, 0.25) is 0 Å². The Kier molecular flexibility index (Phi) is 5.48. The summed E-state index contributed by atoms with van der Waals surface area (Å²) in [4.78, 5) is 12.8. The number of ketones is 1. The molecule has 0 unspecified atom stereocenters. The minimum atomic E-state index is -0.0605. The lowest BCUT2D eigenvalue weighted by atomic mass is 10.0. The smallest absolute Gasteiger partial charge is 0.196 e. The number of rotatable bonds is 5. The van der Waals surface area contributed by atoms with E-state index >= 15 is 0 Å². The van der Waals surface area contributed by atoms with Gasteiger partial charge in [0, 0.05) is 10.9 Å². The second kappa shape index (κ2) is 7.40. The number of hydrogen-bond donors (Lipinski definition) is 0. The van der Waals surface area contributed by atoms with Crippen LogP contribution in [0.1, 0.15) is 15.9 Å². The molecule has 0 fully saturated rings. The number of carbonyl (C=O) groups excluding carboxylic acids is 1. The maximum atomic E-state index is 12.8. The molecular formula is C17H11ClI2O3. The molecule has 0 amide bonds. The van der Waals surface area contributed by atoms with Gasteiger partial charge in [0.2, 0.25) is 0 Å². The molecule has 0 aliphatic heterocycles. The van der Waals surface area contributed by atoms with Gasteiger partial charge in [-0.05, 0) is 63.4 Å². The first-order valence-electron chi connectivity index (χ1n) is 6.80. The highest BCUT2D eigenvalue weighted by atomic mass is 127. The Bertz CT molecular complexity index is 850. The van der Waals surface area contributed by atoms with Crippen molar-refractivity contribution in [1.29, 1.82) is 0 Å². The first kappa shape index (κ1) is 17.0. The topological polar surface area (TPSA) is 39.4 Å². The van der Waals surface area contributed by atoms with E-state index in [1.807, 2.05) is 36.4 Å². The summed E-state index contributed by atoms with van der Waals surface area (Å²) in [5, 5.41) is 0.824. The predicted molar refractivity (Wildman–Crippen MR) is 108 cm³/mol. The van der Waals surface area contributed by atoms with E-state index in [1.54, 1.807) is 0 Å². The molecule has 0 spiro atoms. The summed E-state index contributed by atoms with van der Waals surface area (Å²) < 4.78 is 12.9. The van der Waals surface area contributed by atoms with Crippen LogP contribution in [0.25, 0.3) is 11.0 Å². The summed E-state index contributed by atoms with van der Waals surface area (Å²) in [6.07, 6.45) is 1.52. The van der Waals surface area contributed by atoms with Gasteiger partial charge in [-0.1, -0.05) is 18.2 Å². The van der Waals surface area contributed by atoms with Crippen LogP contribution < -0.4 is 4.74 Å². The third kappa shape index (κ3) is 3.51. The molecule has 118 valence electrons. The standard InChI is InChI=1S/C17H11ClI2O3/c18-5-6-22-17-13(19)7-10(8-14(17)20)16(21)12-9-23-15-4-2-1-3-11(12)15/h1-4,7-9H,5-6H2. The molecule has 0 radical (unpaired) electrons. The van der Waals surface area contributed by atoms with Gasteiger partial charge in [-0.15, -0.1) is 11.6 Å². The molecule has 0 N–H and O–H groups in total. The van der Waals surface area contributed by atoms with Crippen molar-refractivity contribution in [3.8, 4) is 5.75 Å². The monoisotopic (exact) mass is 552 g/mol. The summed E-state index contributed by atoms with van der Waals surface area (Å²) in [5.74, 6) is 1.13. The zero-order valence-electron chi connectivity index (χ0n) is 11.8. The summed E-state index contributed by atoms with van der Waals surface area (Å²) in [6.45, 7) is 0.438. The fourth-order valence-corrected chi connectivity index (χ4v) is 4.44. The van der Waals surface area contributed by atoms with Crippen molar-refractivity contribution in [2.45, 2.75) is 0 Å². The summed E-state index contributed by atoms with van der Waals surface area (Å²) in [7, 11) is 0. The van der Waals surface area contributed by atoms with Crippen molar-refractivity contribution in [2.75, 3.05) is 12.5 Å². The van der Waals surface area contributed by atoms with Crippen LogP contribution in [0.5, 0.6) is 5.75 Å². The molecule has 0 atom stereocenters. The van der Waals surface area contributed by atoms with Crippen LogP contribution in [-0.2, 0) is 0 Å². The first-order valence-corrected chi connectivity index (χ1v) is 9.49. The number of ether oxygens (including phenoxy) is 1. The van der Waals surface area contributed by atoms with E-state index in [1.165, 1.54) is 6.26 Å². The highest BCUT2D eigenvalue weighted by Gasteiger charge is 2.18. The zero-order valence-corrected chi connectivity index (χ0v) is 16.9. The predicted octanol–water partition coefficient (Wildman–Crippen LogP) is 5.49. The van der Waals surface area contributed by atoms with Crippen LogP contribution >= 0.6 is 56.8 Å². The van der Waals surface area contributed by atoms with Crippen LogP contribution in [0, 0.1) is 7.14 Å². The Hall–Kier alpha value is -0.800. The average Bonchev–Trinajstić information content (AvgIpc) is 2.97. The molecule has 0 aliphatic carbocycles. The molecule has 0 aliphatic rings. The van der Waals surface area contributed by atoms with Gasteiger partial charge in [0.05, 0.1) is 18.6 Å². The van der Waals surface area contributed by atoms with E-state index in [0.29, 0.717) is 29.2 Å². The van der Waals surface area contributed by atoms with Gasteiger partial charge in [0.1, 0.15) is 24.2 Å². The third-order valence-corrected chi connectivity index (χ3v) is 5.07. The number of carbonyl (C=O) groups is 1. The molecule has 3 nitrogen and oxygen atoms in total. The molecule has 6 heteroatoms. The Morgan fingerprint density at radius 1 is 1.17 bits per heavy atom. The van der Waals surface area contributed by atoms with E-state index < -0.39 is 0 Å². The fraction of sp³-hybridized carbons (Fsp3) is 0.118. The van der Waals surface area contributed by atoms with Crippen molar-refractivity contribution in [3.63, 3.8) is 0 Å². The Morgan fingerprint density at radius 3 is 2.57 bits per heavy atom. The van der Waals surface area contributed by atoms with Gasteiger partial charge < -0.3 is 9.15 Å². The van der Waals surface area contributed by atoms with Crippen LogP contribution in [-0.4, -0.2) is 18.3 Å². The maximum Gasteiger partial charge on any atom is 0.196 e. The second-order valence-electron chi connectivity index (χ2n) is 4.78. The van der Waals surface area contributed by atoms with Crippen molar-refractivity contribution >= 4 is 73.5 Å². The Labute approximate surface area is 165 Å². The number of alkyl halides is 1. The van der Waals surface area contributed by atoms with Gasteiger partial charge in [-0.2, -0.15) is 0 Å². The van der Waals surface area contributed by atoms with Crippen molar-refractivity contribution < 1.29 is 13.9 Å². The lowest BCUT2D eigenvalue weighted by Gasteiger charge is -2.11. The van der Waals surface area contributed by atoms with Gasteiger partial charge in [-0.25, -0.2) is 0 Å². The van der Waals surface area contributed by atoms with Gasteiger partial charge in [0.25, 0.3) is 0 Å². The largest absolute Gasteiger partial charge is 0.490 e. The van der Waals surface area contributed by atoms with Crippen molar-refractivity contribution in [2.24, 2.45) is 0 Å². The molecule has 1 aromatic heterocycles. The quantitative estimate of drug-likeness (QED) is 0.239. The number of halogens is 3. The number of fused-ring (bicyclic) bond motifs is 1. The van der Waals surface area contributed by atoms with Gasteiger partial charge in [-0.3, -0.25) is 4.79 Å². The summed E-state index contributed by atoms with van der Waals surface area (Å²) >= 11 is 10.0. The summed E-state index contributed by atoms with van der Waals surface area (Å²) in [5.41, 5.74) is 1.90. The maximum absolute atomic E-state index is 12.8. The van der Waals surface area contributed by atoms with Crippen molar-refractivity contribution in [3.05, 3.63) is 60.9 Å².